The largest absolute Gasteiger partial charge is 0.354 e. The van der Waals surface area contributed by atoms with Crippen LogP contribution in [0.4, 0.5) is 13.2 Å². The van der Waals surface area contributed by atoms with Gasteiger partial charge in [0, 0.05) is 40.2 Å². The van der Waals surface area contributed by atoms with Crippen LogP contribution < -0.4 is 10.7 Å². The minimum Gasteiger partial charge on any atom is -0.354 e. The molecule has 0 saturated carbocycles. The van der Waals surface area contributed by atoms with E-state index < -0.39 is 35.8 Å². The van der Waals surface area contributed by atoms with Crippen LogP contribution in [-0.4, -0.2) is 23.0 Å². The summed E-state index contributed by atoms with van der Waals surface area (Å²) in [7, 11) is 0. The van der Waals surface area contributed by atoms with Gasteiger partial charge in [-0.1, -0.05) is 30.3 Å². The second kappa shape index (κ2) is 7.94. The van der Waals surface area contributed by atoms with Gasteiger partial charge in [-0.3, -0.25) is 9.59 Å². The Morgan fingerprint density at radius 3 is 2.61 bits per heavy atom. The Labute approximate surface area is 185 Å². The molecule has 2 amide bonds. The zero-order valence-corrected chi connectivity index (χ0v) is 16.9. The van der Waals surface area contributed by atoms with E-state index in [-0.39, 0.29) is 16.7 Å². The predicted octanol–water partition coefficient (Wildman–Crippen LogP) is 4.26. The summed E-state index contributed by atoms with van der Waals surface area (Å²) in [4.78, 5) is 28.6. The smallest absolute Gasteiger partial charge is 0.272 e. The highest BCUT2D eigenvalue weighted by molar-refractivity contribution is 6.18. The van der Waals surface area contributed by atoms with Crippen LogP contribution in [0.5, 0.6) is 0 Å². The number of amides is 2. The van der Waals surface area contributed by atoms with Gasteiger partial charge in [0.25, 0.3) is 11.8 Å². The molecule has 0 bridgehead atoms. The molecule has 6 nitrogen and oxygen atoms in total. The lowest BCUT2D eigenvalue weighted by Gasteiger charge is -2.09. The highest BCUT2D eigenvalue weighted by Gasteiger charge is 2.23. The number of halogens is 3. The maximum Gasteiger partial charge on any atom is 0.272 e. The maximum absolute atomic E-state index is 13.9. The summed E-state index contributed by atoms with van der Waals surface area (Å²) in [5, 5.41) is 7.01. The van der Waals surface area contributed by atoms with Gasteiger partial charge in [0.1, 0.15) is 5.82 Å². The third kappa shape index (κ3) is 3.63. The standard InChI is InChI=1S/C24H15F3N4O2/c25-15-6-14(21(27)18(26)9-15)10-28-23(32)13-7-16-20-17(11-29-31-24(16)33)22(30-19(20)8-13)12-4-2-1-3-5-12/h1-9,11,30H,10H2,(H,28,32)(H,31,33). The van der Waals surface area contributed by atoms with Crippen LogP contribution in [0.15, 0.2) is 59.7 Å². The third-order valence-corrected chi connectivity index (χ3v) is 5.37. The summed E-state index contributed by atoms with van der Waals surface area (Å²) in [6.07, 6.45) is 1.54. The van der Waals surface area contributed by atoms with Crippen molar-refractivity contribution in [1.29, 1.82) is 0 Å². The number of hydrogen-bond acceptors (Lipinski definition) is 3. The average Bonchev–Trinajstić information content (AvgIpc) is 3.09. The maximum atomic E-state index is 13.9. The van der Waals surface area contributed by atoms with Crippen molar-refractivity contribution < 1.29 is 22.8 Å². The van der Waals surface area contributed by atoms with E-state index in [1.807, 2.05) is 30.3 Å². The highest BCUT2D eigenvalue weighted by atomic mass is 19.2. The van der Waals surface area contributed by atoms with Gasteiger partial charge in [-0.05, 0) is 23.8 Å². The summed E-state index contributed by atoms with van der Waals surface area (Å²) in [6.45, 7) is -0.437. The van der Waals surface area contributed by atoms with Gasteiger partial charge >= 0.3 is 0 Å². The number of aromatic nitrogens is 1. The molecule has 5 rings (SSSR count). The third-order valence-electron chi connectivity index (χ3n) is 5.37. The van der Waals surface area contributed by atoms with Crippen molar-refractivity contribution in [3.8, 4) is 11.3 Å². The second-order valence-corrected chi connectivity index (χ2v) is 7.47. The van der Waals surface area contributed by atoms with Crippen LogP contribution >= 0.6 is 0 Å². The molecule has 33 heavy (non-hydrogen) atoms. The SMILES string of the molecule is O=C(NCc1cc(F)cc(F)c1F)c1cc2c3c(c(-c4ccccc4)[nH]c3c1)C=NNC2=O. The topological polar surface area (TPSA) is 86.3 Å². The number of rotatable bonds is 4. The van der Waals surface area contributed by atoms with Crippen LogP contribution in [0.1, 0.15) is 31.8 Å². The molecule has 2 heterocycles. The van der Waals surface area contributed by atoms with Gasteiger partial charge in [-0.2, -0.15) is 5.10 Å². The summed E-state index contributed by atoms with van der Waals surface area (Å²) >= 11 is 0. The number of carbonyl (C=O) groups excluding carboxylic acids is 2. The van der Waals surface area contributed by atoms with Crippen LogP contribution in [0, 0.1) is 17.5 Å². The molecule has 1 aliphatic rings. The quantitative estimate of drug-likeness (QED) is 0.408. The molecule has 0 atom stereocenters. The monoisotopic (exact) mass is 448 g/mol. The fourth-order valence-electron chi connectivity index (χ4n) is 3.86. The number of H-pyrrole nitrogens is 1. The van der Waals surface area contributed by atoms with Crippen LogP contribution in [0.3, 0.4) is 0 Å². The number of benzene rings is 3. The van der Waals surface area contributed by atoms with Gasteiger partial charge in [-0.15, -0.1) is 0 Å². The normalized spacial score (nSPS) is 12.5. The molecule has 4 aromatic rings. The number of carbonyl (C=O) groups is 2. The Balaban J connectivity index is 1.55. The number of hydrogen-bond donors (Lipinski definition) is 3. The van der Waals surface area contributed by atoms with Crippen molar-refractivity contribution in [2.45, 2.75) is 6.54 Å². The Hall–Kier alpha value is -4.40. The van der Waals surface area contributed by atoms with E-state index in [2.05, 4.69) is 20.8 Å². The fraction of sp³-hybridized carbons (Fsp3) is 0.0417. The first kappa shape index (κ1) is 20.5. The molecule has 9 heteroatoms. The minimum absolute atomic E-state index is 0.110. The molecule has 0 saturated heterocycles. The summed E-state index contributed by atoms with van der Waals surface area (Å²) < 4.78 is 40.8. The van der Waals surface area contributed by atoms with Crippen LogP contribution in [-0.2, 0) is 6.54 Å². The van der Waals surface area contributed by atoms with Gasteiger partial charge in [-0.25, -0.2) is 18.6 Å². The Kier molecular flexibility index (Phi) is 4.93. The van der Waals surface area contributed by atoms with Crippen molar-refractivity contribution in [2.24, 2.45) is 5.10 Å². The van der Waals surface area contributed by atoms with Crippen molar-refractivity contribution in [3.05, 3.63) is 94.3 Å². The van der Waals surface area contributed by atoms with Crippen molar-refractivity contribution >= 4 is 28.9 Å². The molecule has 0 fully saturated rings. The average molecular weight is 448 g/mol. The molecular weight excluding hydrogens is 433 g/mol. The van der Waals surface area contributed by atoms with E-state index in [4.69, 9.17) is 0 Å². The number of hydrazone groups is 1. The van der Waals surface area contributed by atoms with E-state index in [0.717, 1.165) is 17.3 Å². The number of nitrogens with zero attached hydrogens (tertiary/aromatic N) is 1. The molecule has 0 spiro atoms. The molecule has 0 aliphatic carbocycles. The van der Waals surface area contributed by atoms with E-state index >= 15 is 0 Å². The molecule has 0 unspecified atom stereocenters. The van der Waals surface area contributed by atoms with Gasteiger partial charge < -0.3 is 10.3 Å². The molecule has 0 radical (unpaired) electrons. The first-order valence-corrected chi connectivity index (χ1v) is 9.92. The summed E-state index contributed by atoms with van der Waals surface area (Å²) in [6, 6.07) is 13.6. The van der Waals surface area contributed by atoms with Crippen LogP contribution in [0.2, 0.25) is 0 Å². The number of aromatic amines is 1. The Morgan fingerprint density at radius 2 is 1.82 bits per heavy atom. The van der Waals surface area contributed by atoms with Crippen LogP contribution in [0.25, 0.3) is 22.2 Å². The minimum atomic E-state index is -1.34. The van der Waals surface area contributed by atoms with Crippen molar-refractivity contribution in [1.82, 2.24) is 15.7 Å². The molecule has 164 valence electrons. The Morgan fingerprint density at radius 1 is 1.03 bits per heavy atom. The molecule has 3 N–H and O–H groups in total. The van der Waals surface area contributed by atoms with Gasteiger partial charge in [0.2, 0.25) is 0 Å². The highest BCUT2D eigenvalue weighted by Crippen LogP contribution is 2.33. The summed E-state index contributed by atoms with van der Waals surface area (Å²) in [5.74, 6) is -4.68. The zero-order chi connectivity index (χ0) is 23.1. The van der Waals surface area contributed by atoms with Gasteiger partial charge in [0.05, 0.1) is 17.5 Å². The lowest BCUT2D eigenvalue weighted by molar-refractivity contribution is 0.0950. The lowest BCUT2D eigenvalue weighted by atomic mass is 10.00. The van der Waals surface area contributed by atoms with Crippen molar-refractivity contribution in [2.75, 3.05) is 0 Å². The first-order valence-electron chi connectivity index (χ1n) is 9.92. The molecule has 1 aromatic heterocycles. The van der Waals surface area contributed by atoms with E-state index in [0.29, 0.717) is 22.5 Å². The fourth-order valence-corrected chi connectivity index (χ4v) is 3.86. The number of nitrogens with one attached hydrogen (secondary N) is 3. The second-order valence-electron chi connectivity index (χ2n) is 7.47. The zero-order valence-electron chi connectivity index (χ0n) is 16.9. The van der Waals surface area contributed by atoms with E-state index in [9.17, 15) is 22.8 Å². The Bertz CT molecular complexity index is 1460. The van der Waals surface area contributed by atoms with Crippen molar-refractivity contribution in [3.63, 3.8) is 0 Å². The predicted molar refractivity (Wildman–Crippen MR) is 116 cm³/mol. The summed E-state index contributed by atoms with van der Waals surface area (Å²) in [5.41, 5.74) is 5.22. The van der Waals surface area contributed by atoms with E-state index in [1.54, 1.807) is 6.07 Å². The van der Waals surface area contributed by atoms with E-state index in [1.165, 1.54) is 12.3 Å². The lowest BCUT2D eigenvalue weighted by Crippen LogP contribution is -2.24. The molecule has 1 aliphatic heterocycles. The first-order chi connectivity index (χ1) is 15.9. The molecule has 3 aromatic carbocycles. The molecular formula is C24H15F3N4O2. The van der Waals surface area contributed by atoms with Gasteiger partial charge in [0.15, 0.2) is 11.6 Å².